The minimum atomic E-state index is -0.605. The lowest BCUT2D eigenvalue weighted by molar-refractivity contribution is -0.140. The Labute approximate surface area is 153 Å². The van der Waals surface area contributed by atoms with Crippen LogP contribution in [0.2, 0.25) is 0 Å². The van der Waals surface area contributed by atoms with Crippen molar-refractivity contribution in [3.05, 3.63) is 71.5 Å². The van der Waals surface area contributed by atoms with Crippen LogP contribution < -0.4 is 5.73 Å². The topological polar surface area (TPSA) is 55.6 Å². The Kier molecular flexibility index (Phi) is 6.93. The molecule has 0 spiro atoms. The highest BCUT2D eigenvalue weighted by Gasteiger charge is 2.29. The predicted octanol–water partition coefficient (Wildman–Crippen LogP) is 2.72. The molecule has 6 heteroatoms. The van der Waals surface area contributed by atoms with Crippen molar-refractivity contribution in [1.82, 2.24) is 4.90 Å². The molecule has 2 N–H and O–H groups in total. The molecular formula is C19H22ClFN2O2. The van der Waals surface area contributed by atoms with Gasteiger partial charge in [-0.1, -0.05) is 48.5 Å². The maximum Gasteiger partial charge on any atom is 0.240 e. The molecule has 134 valence electrons. The van der Waals surface area contributed by atoms with Gasteiger partial charge in [-0.15, -0.1) is 12.4 Å². The van der Waals surface area contributed by atoms with E-state index >= 15 is 0 Å². The number of carbonyl (C=O) groups excluding carboxylic acids is 1. The zero-order chi connectivity index (χ0) is 16.9. The first-order valence-electron chi connectivity index (χ1n) is 8.09. The standard InChI is InChI=1S/C19H21FN2O2.ClH/c20-16-9-5-4-8-15(16)18-13-22(10-11-24-18)19(23)17(21)12-14-6-2-1-3-7-14;/h1-9,17-18H,10-13,21H2;1H/t17-,18?;/m0./s1. The molecule has 1 amide bonds. The Balaban J connectivity index is 0.00000225. The van der Waals surface area contributed by atoms with Crippen LogP contribution >= 0.6 is 12.4 Å². The van der Waals surface area contributed by atoms with Crippen LogP contribution in [0.4, 0.5) is 4.39 Å². The van der Waals surface area contributed by atoms with Gasteiger partial charge < -0.3 is 15.4 Å². The molecular weight excluding hydrogens is 343 g/mol. The first-order valence-corrected chi connectivity index (χ1v) is 8.09. The zero-order valence-corrected chi connectivity index (χ0v) is 14.6. The van der Waals surface area contributed by atoms with Crippen LogP contribution in [0.25, 0.3) is 0 Å². The van der Waals surface area contributed by atoms with Gasteiger partial charge in [0, 0.05) is 12.1 Å². The Morgan fingerprint density at radius 2 is 1.88 bits per heavy atom. The van der Waals surface area contributed by atoms with Crippen LogP contribution in [0.15, 0.2) is 54.6 Å². The number of hydrogen-bond donors (Lipinski definition) is 1. The number of benzene rings is 2. The number of rotatable bonds is 4. The van der Waals surface area contributed by atoms with Gasteiger partial charge in [0.15, 0.2) is 0 Å². The molecule has 4 nitrogen and oxygen atoms in total. The number of morpholine rings is 1. The number of amides is 1. The smallest absolute Gasteiger partial charge is 0.240 e. The molecule has 0 aliphatic carbocycles. The van der Waals surface area contributed by atoms with Crippen LogP contribution in [0.3, 0.4) is 0 Å². The molecule has 2 aromatic rings. The SMILES string of the molecule is Cl.N[C@@H](Cc1ccccc1)C(=O)N1CCOC(c2ccccc2F)C1. The van der Waals surface area contributed by atoms with E-state index in [-0.39, 0.29) is 24.1 Å². The molecule has 2 atom stereocenters. The maximum absolute atomic E-state index is 13.9. The van der Waals surface area contributed by atoms with Gasteiger partial charge in [0.1, 0.15) is 11.9 Å². The first-order chi connectivity index (χ1) is 11.6. The quantitative estimate of drug-likeness (QED) is 0.907. The van der Waals surface area contributed by atoms with Gasteiger partial charge in [-0.2, -0.15) is 0 Å². The van der Waals surface area contributed by atoms with Gasteiger partial charge in [-0.3, -0.25) is 4.79 Å². The largest absolute Gasteiger partial charge is 0.370 e. The van der Waals surface area contributed by atoms with Gasteiger partial charge in [-0.05, 0) is 18.1 Å². The van der Waals surface area contributed by atoms with Gasteiger partial charge in [0.2, 0.25) is 5.91 Å². The van der Waals surface area contributed by atoms with Crippen LogP contribution in [0.5, 0.6) is 0 Å². The van der Waals surface area contributed by atoms with E-state index in [2.05, 4.69) is 0 Å². The van der Waals surface area contributed by atoms with E-state index < -0.39 is 12.1 Å². The second-order valence-corrected chi connectivity index (χ2v) is 5.96. The lowest BCUT2D eigenvalue weighted by atomic mass is 10.0. The van der Waals surface area contributed by atoms with E-state index in [4.69, 9.17) is 10.5 Å². The third-order valence-corrected chi connectivity index (χ3v) is 4.25. The number of hydrogen-bond acceptors (Lipinski definition) is 3. The Bertz CT molecular complexity index is 699. The van der Waals surface area contributed by atoms with Crippen molar-refractivity contribution in [3.8, 4) is 0 Å². The molecule has 2 aromatic carbocycles. The fourth-order valence-corrected chi connectivity index (χ4v) is 2.96. The zero-order valence-electron chi connectivity index (χ0n) is 13.8. The van der Waals surface area contributed by atoms with Crippen molar-refractivity contribution in [2.45, 2.75) is 18.6 Å². The summed E-state index contributed by atoms with van der Waals surface area (Å²) >= 11 is 0. The minimum Gasteiger partial charge on any atom is -0.370 e. The highest BCUT2D eigenvalue weighted by molar-refractivity contribution is 5.85. The van der Waals surface area contributed by atoms with E-state index in [1.807, 2.05) is 30.3 Å². The first kappa shape index (κ1) is 19.4. The minimum absolute atomic E-state index is 0. The van der Waals surface area contributed by atoms with E-state index in [1.54, 1.807) is 23.1 Å². The molecule has 3 rings (SSSR count). The summed E-state index contributed by atoms with van der Waals surface area (Å²) in [4.78, 5) is 14.3. The molecule has 0 saturated carbocycles. The van der Waals surface area contributed by atoms with Crippen molar-refractivity contribution >= 4 is 18.3 Å². The number of ether oxygens (including phenoxy) is 1. The maximum atomic E-state index is 13.9. The summed E-state index contributed by atoms with van der Waals surface area (Å²) in [5.41, 5.74) is 7.59. The van der Waals surface area contributed by atoms with Crippen LogP contribution in [0, 0.1) is 5.82 Å². The van der Waals surface area contributed by atoms with E-state index in [0.717, 1.165) is 5.56 Å². The van der Waals surface area contributed by atoms with Crippen molar-refractivity contribution in [2.24, 2.45) is 5.73 Å². The van der Waals surface area contributed by atoms with Gasteiger partial charge >= 0.3 is 0 Å². The summed E-state index contributed by atoms with van der Waals surface area (Å²) in [5, 5.41) is 0. The second-order valence-electron chi connectivity index (χ2n) is 5.96. The summed E-state index contributed by atoms with van der Waals surface area (Å²) < 4.78 is 19.6. The van der Waals surface area contributed by atoms with Crippen molar-refractivity contribution < 1.29 is 13.9 Å². The molecule has 0 bridgehead atoms. The third-order valence-electron chi connectivity index (χ3n) is 4.25. The van der Waals surface area contributed by atoms with E-state index in [1.165, 1.54) is 6.07 Å². The van der Waals surface area contributed by atoms with Crippen LogP contribution in [-0.2, 0) is 16.0 Å². The molecule has 1 unspecified atom stereocenters. The average Bonchev–Trinajstić information content (AvgIpc) is 2.62. The van der Waals surface area contributed by atoms with Crippen LogP contribution in [0.1, 0.15) is 17.2 Å². The number of carbonyl (C=O) groups is 1. The number of halogens is 2. The van der Waals surface area contributed by atoms with Gasteiger partial charge in [-0.25, -0.2) is 4.39 Å². The van der Waals surface area contributed by atoms with Crippen molar-refractivity contribution in [3.63, 3.8) is 0 Å². The summed E-state index contributed by atoms with van der Waals surface area (Å²) in [6.07, 6.45) is 0.0364. The van der Waals surface area contributed by atoms with Crippen molar-refractivity contribution in [1.29, 1.82) is 0 Å². The number of nitrogens with zero attached hydrogens (tertiary/aromatic N) is 1. The molecule has 1 aliphatic heterocycles. The molecule has 1 saturated heterocycles. The third kappa shape index (κ3) is 4.78. The average molecular weight is 365 g/mol. The van der Waals surface area contributed by atoms with E-state index in [0.29, 0.717) is 31.7 Å². The summed E-state index contributed by atoms with van der Waals surface area (Å²) in [6.45, 7) is 1.18. The lowest BCUT2D eigenvalue weighted by Crippen LogP contribution is -2.50. The molecule has 0 aromatic heterocycles. The normalized spacial score (nSPS) is 18.3. The predicted molar refractivity (Wildman–Crippen MR) is 97.0 cm³/mol. The monoisotopic (exact) mass is 364 g/mol. The highest BCUT2D eigenvalue weighted by atomic mass is 35.5. The fraction of sp³-hybridized carbons (Fsp3) is 0.316. The summed E-state index contributed by atoms with van der Waals surface area (Å²) in [5.74, 6) is -0.436. The lowest BCUT2D eigenvalue weighted by Gasteiger charge is -2.34. The second kappa shape index (κ2) is 8.94. The molecule has 0 radical (unpaired) electrons. The molecule has 1 fully saturated rings. The van der Waals surface area contributed by atoms with Gasteiger partial charge in [0.25, 0.3) is 0 Å². The fourth-order valence-electron chi connectivity index (χ4n) is 2.96. The molecule has 1 heterocycles. The number of nitrogens with two attached hydrogens (primary N) is 1. The highest BCUT2D eigenvalue weighted by Crippen LogP contribution is 2.24. The Hall–Kier alpha value is -1.95. The van der Waals surface area contributed by atoms with Crippen molar-refractivity contribution in [2.75, 3.05) is 19.7 Å². The van der Waals surface area contributed by atoms with Crippen LogP contribution in [-0.4, -0.2) is 36.5 Å². The Morgan fingerprint density at radius 1 is 1.20 bits per heavy atom. The van der Waals surface area contributed by atoms with E-state index in [9.17, 15) is 9.18 Å². The summed E-state index contributed by atoms with van der Waals surface area (Å²) in [6, 6.07) is 15.6. The Morgan fingerprint density at radius 3 is 2.60 bits per heavy atom. The van der Waals surface area contributed by atoms with Gasteiger partial charge in [0.05, 0.1) is 19.2 Å². The molecule has 1 aliphatic rings. The molecule has 25 heavy (non-hydrogen) atoms. The summed E-state index contributed by atoms with van der Waals surface area (Å²) in [7, 11) is 0.